The smallest absolute Gasteiger partial charge is 0.395 e. The molecular formula is C17H21ClN4O3. The van der Waals surface area contributed by atoms with Crippen LogP contribution in [0.1, 0.15) is 25.3 Å². The minimum absolute atomic E-state index is 0.134. The van der Waals surface area contributed by atoms with E-state index in [0.29, 0.717) is 23.3 Å². The Morgan fingerprint density at radius 2 is 2.12 bits per heavy atom. The molecule has 0 aliphatic carbocycles. The maximum Gasteiger partial charge on any atom is 0.441 e. The number of carbonyl (C=O) groups excluding carboxylic acids is 1. The number of hydrogen-bond donors (Lipinski definition) is 0. The second-order valence-electron chi connectivity index (χ2n) is 6.34. The normalized spacial score (nSPS) is 15.8. The van der Waals surface area contributed by atoms with Crippen molar-refractivity contribution in [3.05, 3.63) is 45.7 Å². The molecule has 0 saturated carbocycles. The van der Waals surface area contributed by atoms with Crippen LogP contribution < -0.4 is 5.76 Å². The Morgan fingerprint density at radius 3 is 2.72 bits per heavy atom. The fraction of sp³-hybridized carbons (Fsp3) is 0.471. The van der Waals surface area contributed by atoms with Gasteiger partial charge in [-0.25, -0.2) is 4.79 Å². The lowest BCUT2D eigenvalue weighted by molar-refractivity contribution is -0.130. The molecule has 1 fully saturated rings. The van der Waals surface area contributed by atoms with Crippen LogP contribution in [0, 0.1) is 0 Å². The highest BCUT2D eigenvalue weighted by atomic mass is 35.5. The third-order valence-electron chi connectivity index (χ3n) is 4.72. The quantitative estimate of drug-likeness (QED) is 0.828. The number of likely N-dealkylation sites (tertiary alicyclic amines) is 1. The molecule has 1 aromatic carbocycles. The lowest BCUT2D eigenvalue weighted by Crippen LogP contribution is -2.44. The van der Waals surface area contributed by atoms with E-state index in [1.807, 2.05) is 11.0 Å². The fourth-order valence-corrected chi connectivity index (χ4v) is 3.40. The Kier molecular flexibility index (Phi) is 5.24. The molecular weight excluding hydrogens is 344 g/mol. The number of halogens is 1. The summed E-state index contributed by atoms with van der Waals surface area (Å²) in [7, 11) is 2.05. The van der Waals surface area contributed by atoms with Crippen LogP contribution >= 0.6 is 11.6 Å². The van der Waals surface area contributed by atoms with Crippen LogP contribution in [0.5, 0.6) is 0 Å². The zero-order valence-electron chi connectivity index (χ0n) is 14.3. The maximum atomic E-state index is 11.6. The molecule has 1 saturated heterocycles. The highest BCUT2D eigenvalue weighted by Crippen LogP contribution is 2.23. The van der Waals surface area contributed by atoms with Crippen LogP contribution in [-0.2, 0) is 11.3 Å². The fourth-order valence-electron chi connectivity index (χ4n) is 3.22. The number of hydrogen-bond acceptors (Lipinski definition) is 5. The molecule has 0 bridgehead atoms. The van der Waals surface area contributed by atoms with Gasteiger partial charge >= 0.3 is 5.76 Å². The van der Waals surface area contributed by atoms with E-state index in [9.17, 15) is 9.59 Å². The van der Waals surface area contributed by atoms with Crippen LogP contribution in [0.15, 0.2) is 33.8 Å². The Morgan fingerprint density at radius 1 is 1.40 bits per heavy atom. The first-order valence-electron chi connectivity index (χ1n) is 8.23. The van der Waals surface area contributed by atoms with Crippen molar-refractivity contribution in [3.63, 3.8) is 0 Å². The van der Waals surface area contributed by atoms with Crippen molar-refractivity contribution < 1.29 is 9.21 Å². The van der Waals surface area contributed by atoms with Gasteiger partial charge in [-0.3, -0.25) is 9.69 Å². The van der Waals surface area contributed by atoms with Crippen molar-refractivity contribution >= 4 is 17.5 Å². The van der Waals surface area contributed by atoms with Gasteiger partial charge in [0.05, 0.1) is 5.69 Å². The predicted octanol–water partition coefficient (Wildman–Crippen LogP) is 1.92. The number of piperidine rings is 1. The topological polar surface area (TPSA) is 71.6 Å². The Bertz CT molecular complexity index is 808. The number of rotatable bonds is 4. The number of amides is 1. The van der Waals surface area contributed by atoms with E-state index in [2.05, 4.69) is 17.0 Å². The number of carbonyl (C=O) groups is 1. The van der Waals surface area contributed by atoms with Gasteiger partial charge in [0.2, 0.25) is 12.3 Å². The van der Waals surface area contributed by atoms with Crippen LogP contribution in [-0.4, -0.2) is 51.7 Å². The molecule has 2 heterocycles. The van der Waals surface area contributed by atoms with Gasteiger partial charge in [0.15, 0.2) is 0 Å². The molecule has 1 aromatic heterocycles. The van der Waals surface area contributed by atoms with E-state index in [1.54, 1.807) is 19.1 Å². The van der Waals surface area contributed by atoms with Gasteiger partial charge in [0, 0.05) is 37.6 Å². The summed E-state index contributed by atoms with van der Waals surface area (Å²) in [5, 5.41) is 4.54. The van der Waals surface area contributed by atoms with Gasteiger partial charge in [0.25, 0.3) is 0 Å². The second kappa shape index (κ2) is 7.41. The average Bonchev–Trinajstić information content (AvgIpc) is 3.03. The van der Waals surface area contributed by atoms with Gasteiger partial charge in [-0.15, -0.1) is 5.10 Å². The molecule has 1 aliphatic heterocycles. The molecule has 1 aliphatic rings. The first-order chi connectivity index (χ1) is 12.0. The zero-order chi connectivity index (χ0) is 18.0. The van der Waals surface area contributed by atoms with Crippen molar-refractivity contribution in [1.29, 1.82) is 0 Å². The number of aromatic nitrogens is 2. The summed E-state index contributed by atoms with van der Waals surface area (Å²) < 4.78 is 5.91. The molecule has 1 amide bonds. The molecule has 3 rings (SSSR count). The van der Waals surface area contributed by atoms with Gasteiger partial charge < -0.3 is 9.32 Å². The largest absolute Gasteiger partial charge is 0.441 e. The first-order valence-corrected chi connectivity index (χ1v) is 8.61. The lowest BCUT2D eigenvalue weighted by Gasteiger charge is -2.36. The molecule has 7 nitrogen and oxygen atoms in total. The first kappa shape index (κ1) is 17.7. The van der Waals surface area contributed by atoms with E-state index in [0.717, 1.165) is 37.9 Å². The number of nitrogens with zero attached hydrogens (tertiary/aromatic N) is 4. The molecule has 0 unspecified atom stereocenters. The maximum absolute atomic E-state index is 11.6. The van der Waals surface area contributed by atoms with Crippen molar-refractivity contribution in [2.24, 2.45) is 0 Å². The summed E-state index contributed by atoms with van der Waals surface area (Å²) in [5.41, 5.74) is 1.54. The van der Waals surface area contributed by atoms with Crippen molar-refractivity contribution in [3.8, 4) is 5.69 Å². The average molecular weight is 365 g/mol. The monoisotopic (exact) mass is 364 g/mol. The van der Waals surface area contributed by atoms with E-state index in [4.69, 9.17) is 16.0 Å². The zero-order valence-corrected chi connectivity index (χ0v) is 15.1. The van der Waals surface area contributed by atoms with Crippen LogP contribution in [0.3, 0.4) is 0 Å². The summed E-state index contributed by atoms with van der Waals surface area (Å²) in [6, 6.07) is 5.75. The van der Waals surface area contributed by atoms with Crippen LogP contribution in [0.2, 0.25) is 5.02 Å². The van der Waals surface area contributed by atoms with Crippen molar-refractivity contribution in [1.82, 2.24) is 19.6 Å². The van der Waals surface area contributed by atoms with Gasteiger partial charge in [-0.2, -0.15) is 4.68 Å². The molecule has 8 heteroatoms. The van der Waals surface area contributed by atoms with Gasteiger partial charge in [-0.1, -0.05) is 11.6 Å². The Labute approximate surface area is 150 Å². The van der Waals surface area contributed by atoms with Gasteiger partial charge in [-0.05, 0) is 43.7 Å². The summed E-state index contributed by atoms with van der Waals surface area (Å²) in [6.45, 7) is 3.84. The molecule has 2 aromatic rings. The second-order valence-corrected chi connectivity index (χ2v) is 6.75. The van der Waals surface area contributed by atoms with E-state index < -0.39 is 5.76 Å². The van der Waals surface area contributed by atoms with Gasteiger partial charge in [0.1, 0.15) is 0 Å². The third kappa shape index (κ3) is 3.93. The van der Waals surface area contributed by atoms with E-state index in [1.165, 1.54) is 4.68 Å². The molecule has 0 atom stereocenters. The van der Waals surface area contributed by atoms with E-state index in [-0.39, 0.29) is 5.91 Å². The molecule has 0 N–H and O–H groups in total. The molecule has 0 radical (unpaired) electrons. The minimum Gasteiger partial charge on any atom is -0.395 e. The molecule has 0 spiro atoms. The highest BCUT2D eigenvalue weighted by Gasteiger charge is 2.24. The molecule has 25 heavy (non-hydrogen) atoms. The minimum atomic E-state index is -0.529. The Hall–Kier alpha value is -2.12. The summed E-state index contributed by atoms with van der Waals surface area (Å²) >= 11 is 6.33. The number of benzene rings is 1. The predicted molar refractivity (Wildman–Crippen MR) is 93.9 cm³/mol. The summed E-state index contributed by atoms with van der Waals surface area (Å²) in [6.07, 6.45) is 3.00. The SMILES string of the molecule is CC(=O)N1CCC(N(C)Cc2cc(-n3ncoc3=O)ccc2Cl)CC1. The summed E-state index contributed by atoms with van der Waals surface area (Å²) in [4.78, 5) is 27.2. The highest BCUT2D eigenvalue weighted by molar-refractivity contribution is 6.31. The van der Waals surface area contributed by atoms with Crippen LogP contribution in [0.25, 0.3) is 5.69 Å². The van der Waals surface area contributed by atoms with E-state index >= 15 is 0 Å². The van der Waals surface area contributed by atoms with Crippen LogP contribution in [0.4, 0.5) is 0 Å². The standard InChI is InChI=1S/C17H21ClN4O3/c1-12(23)21-7-5-14(6-8-21)20(2)10-13-9-15(3-4-16(13)18)22-17(24)25-11-19-22/h3-4,9,11,14H,5-8,10H2,1-2H3. The third-order valence-corrected chi connectivity index (χ3v) is 5.08. The van der Waals surface area contributed by atoms with Crippen molar-refractivity contribution in [2.45, 2.75) is 32.4 Å². The molecule has 134 valence electrons. The van der Waals surface area contributed by atoms with Crippen molar-refractivity contribution in [2.75, 3.05) is 20.1 Å². The lowest BCUT2D eigenvalue weighted by atomic mass is 10.0. The Balaban J connectivity index is 1.71. The summed E-state index contributed by atoms with van der Waals surface area (Å²) in [5.74, 6) is -0.395.